The van der Waals surface area contributed by atoms with Crippen LogP contribution in [0.4, 0.5) is 4.39 Å². The van der Waals surface area contributed by atoms with Crippen molar-refractivity contribution in [3.8, 4) is 5.75 Å². The average molecular weight is 818 g/mol. The summed E-state index contributed by atoms with van der Waals surface area (Å²) in [5, 5.41) is 28.9. The van der Waals surface area contributed by atoms with Gasteiger partial charge >= 0.3 is 0 Å². The lowest BCUT2D eigenvalue weighted by Gasteiger charge is -2.62. The number of fused-ring (bicyclic) bond motifs is 6. The highest BCUT2D eigenvalue weighted by molar-refractivity contribution is 6.24. The van der Waals surface area contributed by atoms with Crippen molar-refractivity contribution in [2.45, 2.75) is 134 Å². The van der Waals surface area contributed by atoms with Crippen molar-refractivity contribution in [1.82, 2.24) is 15.5 Å². The second kappa shape index (κ2) is 16.1. The summed E-state index contributed by atoms with van der Waals surface area (Å²) in [6.07, 6.45) is 10.6. The van der Waals surface area contributed by atoms with E-state index in [0.717, 1.165) is 37.0 Å². The molecule has 4 aliphatic carbocycles. The molecule has 0 spiro atoms. The van der Waals surface area contributed by atoms with E-state index in [-0.39, 0.29) is 66.7 Å². The van der Waals surface area contributed by atoms with E-state index < -0.39 is 75.6 Å². The summed E-state index contributed by atoms with van der Waals surface area (Å²) in [4.78, 5) is 89.6. The van der Waals surface area contributed by atoms with Crippen LogP contribution in [0.2, 0.25) is 0 Å². The van der Waals surface area contributed by atoms with Gasteiger partial charge < -0.3 is 20.3 Å². The third-order valence-corrected chi connectivity index (χ3v) is 14.8. The smallest absolute Gasteiger partial charge is 0.266 e. The first-order valence-electron chi connectivity index (χ1n) is 21.3. The predicted molar refractivity (Wildman–Crippen MR) is 211 cm³/mol. The maximum Gasteiger partial charge on any atom is 0.266 e. The van der Waals surface area contributed by atoms with Gasteiger partial charge in [-0.05, 0) is 88.0 Å². The molecule has 4 N–H and O–H groups in total. The molecule has 1 aromatic carbocycles. The molecule has 3 saturated carbocycles. The zero-order valence-corrected chi connectivity index (χ0v) is 34.2. The van der Waals surface area contributed by atoms with Crippen LogP contribution in [-0.2, 0) is 24.0 Å². The van der Waals surface area contributed by atoms with E-state index in [0.29, 0.717) is 44.2 Å². The highest BCUT2D eigenvalue weighted by atomic mass is 19.1. The Morgan fingerprint density at radius 1 is 0.966 bits per heavy atom. The number of carbonyl (C=O) groups excluding carboxylic acids is 7. The fourth-order valence-corrected chi connectivity index (χ4v) is 11.5. The van der Waals surface area contributed by atoms with Crippen molar-refractivity contribution in [3.05, 3.63) is 53.1 Å². The Bertz CT molecular complexity index is 2020. The standard InChI is InChI=1S/C45H56FN3O10/c1-26-22-32-31-16-15-27-23-28(50)19-20-42(27,2)44(31,46)35(52)24-43(32,3)45(26,58)41(57)47-21-10-8-6-4-5-7-9-12-29(51)25-59-34-14-11-13-30-37(34)40(56)49(39(30)55)33-17-18-36(53)48-38(33)54/h11,13-14,19-20,23,26,31-33,35,52,58H,4-10,12,15-18,21-22,24-25H2,1-3H3,(H,47,57)(H,48,53,54)/t26-,31+,32+,33?,35+,42+,43+,44+,45+/m1/s1. The number of carbonyl (C=O) groups is 7. The van der Waals surface area contributed by atoms with E-state index in [4.69, 9.17) is 4.74 Å². The van der Waals surface area contributed by atoms with E-state index >= 15 is 4.39 Å². The molecule has 2 heterocycles. The highest BCUT2D eigenvalue weighted by Crippen LogP contribution is 2.70. The Morgan fingerprint density at radius 3 is 2.41 bits per heavy atom. The molecule has 318 valence electrons. The van der Waals surface area contributed by atoms with E-state index in [2.05, 4.69) is 10.6 Å². The number of aliphatic hydroxyl groups excluding tert-OH is 1. The first kappa shape index (κ1) is 42.6. The number of halogens is 1. The first-order chi connectivity index (χ1) is 28.0. The van der Waals surface area contributed by atoms with E-state index in [9.17, 15) is 43.8 Å². The molecule has 59 heavy (non-hydrogen) atoms. The molecule has 0 aromatic heterocycles. The van der Waals surface area contributed by atoms with Crippen molar-refractivity contribution in [3.63, 3.8) is 0 Å². The molecule has 2 aliphatic heterocycles. The number of hydrogen-bond acceptors (Lipinski definition) is 10. The van der Waals surface area contributed by atoms with Crippen molar-refractivity contribution in [2.24, 2.45) is 28.6 Å². The van der Waals surface area contributed by atoms with Crippen LogP contribution in [0.1, 0.15) is 131 Å². The Kier molecular flexibility index (Phi) is 11.6. The minimum absolute atomic E-state index is 0.00279. The molecule has 1 unspecified atom stereocenters. The minimum Gasteiger partial charge on any atom is -0.485 e. The zero-order chi connectivity index (χ0) is 42.5. The van der Waals surface area contributed by atoms with Gasteiger partial charge in [-0.3, -0.25) is 43.8 Å². The van der Waals surface area contributed by atoms with Crippen LogP contribution in [0.25, 0.3) is 0 Å². The van der Waals surface area contributed by atoms with Gasteiger partial charge in [-0.15, -0.1) is 0 Å². The van der Waals surface area contributed by atoms with Crippen LogP contribution in [0.15, 0.2) is 42.0 Å². The summed E-state index contributed by atoms with van der Waals surface area (Å²) in [7, 11) is 0. The summed E-state index contributed by atoms with van der Waals surface area (Å²) in [6, 6.07) is 3.42. The van der Waals surface area contributed by atoms with Crippen LogP contribution in [-0.4, -0.2) is 92.8 Å². The lowest BCUT2D eigenvalue weighted by molar-refractivity contribution is -0.219. The second-order valence-electron chi connectivity index (χ2n) is 18.1. The molecule has 7 rings (SSSR count). The highest BCUT2D eigenvalue weighted by Gasteiger charge is 2.75. The molecule has 5 amide bonds. The molecule has 1 saturated heterocycles. The van der Waals surface area contributed by atoms with Gasteiger partial charge in [0.25, 0.3) is 17.7 Å². The molecule has 13 nitrogen and oxygen atoms in total. The van der Waals surface area contributed by atoms with Gasteiger partial charge in [-0.25, -0.2) is 4.39 Å². The number of ether oxygens (including phenoxy) is 1. The van der Waals surface area contributed by atoms with Crippen LogP contribution < -0.4 is 15.4 Å². The van der Waals surface area contributed by atoms with Crippen molar-refractivity contribution < 1.29 is 52.9 Å². The zero-order valence-electron chi connectivity index (χ0n) is 34.2. The number of aliphatic hydroxyl groups is 2. The Balaban J connectivity index is 0.805. The third kappa shape index (κ3) is 6.97. The number of nitrogens with one attached hydrogen (secondary N) is 2. The van der Waals surface area contributed by atoms with E-state index in [1.807, 2.05) is 13.8 Å². The maximum atomic E-state index is 17.4. The number of amides is 5. The van der Waals surface area contributed by atoms with Crippen molar-refractivity contribution >= 4 is 41.1 Å². The number of piperidine rings is 1. The number of unbranched alkanes of at least 4 members (excludes halogenated alkanes) is 6. The number of ketones is 2. The Hall–Kier alpha value is -4.56. The molecule has 14 heteroatoms. The van der Waals surface area contributed by atoms with Crippen molar-refractivity contribution in [1.29, 1.82) is 0 Å². The average Bonchev–Trinajstić information content (AvgIpc) is 3.56. The van der Waals surface area contributed by atoms with Crippen LogP contribution in [0.3, 0.4) is 0 Å². The van der Waals surface area contributed by atoms with Crippen molar-refractivity contribution in [2.75, 3.05) is 13.2 Å². The normalized spacial score (nSPS) is 34.7. The van der Waals surface area contributed by atoms with Gasteiger partial charge in [-0.2, -0.15) is 0 Å². The van der Waals surface area contributed by atoms with Crippen LogP contribution >= 0.6 is 0 Å². The van der Waals surface area contributed by atoms with E-state index in [1.165, 1.54) is 24.3 Å². The van der Waals surface area contributed by atoms with Gasteiger partial charge in [0.2, 0.25) is 11.8 Å². The maximum absolute atomic E-state index is 17.4. The monoisotopic (exact) mass is 817 g/mol. The second-order valence-corrected chi connectivity index (χ2v) is 18.1. The van der Waals surface area contributed by atoms with Gasteiger partial charge in [0, 0.05) is 36.1 Å². The molecule has 6 aliphatic rings. The fraction of sp³-hybridized carbons (Fsp3) is 0.622. The summed E-state index contributed by atoms with van der Waals surface area (Å²) in [6.45, 7) is 5.54. The molecule has 4 fully saturated rings. The summed E-state index contributed by atoms with van der Waals surface area (Å²) >= 11 is 0. The topological polar surface area (TPSA) is 196 Å². The predicted octanol–water partition coefficient (Wildman–Crippen LogP) is 4.62. The summed E-state index contributed by atoms with van der Waals surface area (Å²) in [5.41, 5.74) is -5.17. The number of Topliss-reactive ketones (excluding diaryl/α,β-unsaturated/α-hetero) is 1. The summed E-state index contributed by atoms with van der Waals surface area (Å²) < 4.78 is 23.1. The largest absolute Gasteiger partial charge is 0.485 e. The van der Waals surface area contributed by atoms with Gasteiger partial charge in [0.1, 0.15) is 18.4 Å². The number of rotatable bonds is 15. The first-order valence-corrected chi connectivity index (χ1v) is 21.3. The summed E-state index contributed by atoms with van der Waals surface area (Å²) in [5.74, 6) is -4.56. The minimum atomic E-state index is -2.02. The lowest BCUT2D eigenvalue weighted by atomic mass is 9.44. The third-order valence-electron chi connectivity index (χ3n) is 14.8. The number of alkyl halides is 1. The molecule has 1 aromatic rings. The number of imide groups is 2. The molecular weight excluding hydrogens is 762 g/mol. The van der Waals surface area contributed by atoms with Gasteiger partial charge in [0.05, 0.1) is 17.2 Å². The number of benzene rings is 1. The number of nitrogens with zero attached hydrogens (tertiary/aromatic N) is 1. The molecule has 9 atom stereocenters. The molecular formula is C45H56FN3O10. The quantitative estimate of drug-likeness (QED) is 0.143. The van der Waals surface area contributed by atoms with Crippen LogP contribution in [0, 0.1) is 28.6 Å². The van der Waals surface area contributed by atoms with Crippen LogP contribution in [0.5, 0.6) is 5.75 Å². The Labute approximate surface area is 343 Å². The number of hydrogen-bond donors (Lipinski definition) is 4. The van der Waals surface area contributed by atoms with Gasteiger partial charge in [0.15, 0.2) is 22.8 Å². The van der Waals surface area contributed by atoms with E-state index in [1.54, 1.807) is 19.1 Å². The lowest BCUT2D eigenvalue weighted by Crippen LogP contribution is -2.70. The SMILES string of the molecule is C[C@@H]1C[C@H]2[C@@H]3CCC4=CC(=O)C=C[C@]4(C)[C@@]3(F)[C@@H](O)C[C@]2(C)[C@@]1(O)C(=O)NCCCCCCCCCC(=O)COc1cccc2c1C(=O)N(C1CCC(=O)NC1=O)C2=O. The Morgan fingerprint density at radius 2 is 1.68 bits per heavy atom. The van der Waals surface area contributed by atoms with Gasteiger partial charge in [-0.1, -0.05) is 63.7 Å². The number of allylic oxidation sites excluding steroid dienone is 4. The molecule has 0 radical (unpaired) electrons. The fourth-order valence-electron chi connectivity index (χ4n) is 11.5. The molecule has 0 bridgehead atoms.